The molecule has 4 heteroatoms. The summed E-state index contributed by atoms with van der Waals surface area (Å²) in [5.41, 5.74) is 0. The second kappa shape index (κ2) is 6.30. The van der Waals surface area contributed by atoms with Gasteiger partial charge in [0.05, 0.1) is 5.92 Å². The minimum absolute atomic E-state index is 0.308. The van der Waals surface area contributed by atoms with Crippen LogP contribution in [0.3, 0.4) is 0 Å². The molecule has 0 saturated carbocycles. The molecule has 0 spiro atoms. The zero-order valence-corrected chi connectivity index (χ0v) is 7.99. The van der Waals surface area contributed by atoms with Crippen LogP contribution in [0.2, 0.25) is 0 Å². The van der Waals surface area contributed by atoms with Gasteiger partial charge in [-0.2, -0.15) is 5.26 Å². The number of hydrogen-bond acceptors (Lipinski definition) is 3. The molecule has 0 bridgehead atoms. The van der Waals surface area contributed by atoms with Gasteiger partial charge >= 0.3 is 5.97 Å². The smallest absolute Gasteiger partial charge is 0.306 e. The Morgan fingerprint density at radius 2 is 2.31 bits per heavy atom. The molecule has 0 aromatic carbocycles. The van der Waals surface area contributed by atoms with Gasteiger partial charge < -0.3 is 9.84 Å². The van der Waals surface area contributed by atoms with Gasteiger partial charge in [-0.1, -0.05) is 13.3 Å². The van der Waals surface area contributed by atoms with E-state index in [0.29, 0.717) is 12.8 Å². The Hall–Kier alpha value is -1.24. The molecule has 2 unspecified atom stereocenters. The quantitative estimate of drug-likeness (QED) is 0.640. The summed E-state index contributed by atoms with van der Waals surface area (Å²) in [6.45, 7) is 3.64. The number of nitrogens with zero attached hydrogens (tertiary/aromatic N) is 1. The van der Waals surface area contributed by atoms with Crippen molar-refractivity contribution in [3.8, 4) is 6.26 Å². The van der Waals surface area contributed by atoms with Gasteiger partial charge in [0.2, 0.25) is 0 Å². The monoisotopic (exact) mass is 185 g/mol. The van der Waals surface area contributed by atoms with Gasteiger partial charge in [-0.3, -0.25) is 4.79 Å². The van der Waals surface area contributed by atoms with E-state index in [9.17, 15) is 4.79 Å². The number of ether oxygens (including phenoxy) is 1. The van der Waals surface area contributed by atoms with Crippen LogP contribution in [0.1, 0.15) is 33.1 Å². The molecule has 0 fully saturated rings. The van der Waals surface area contributed by atoms with Crippen molar-refractivity contribution in [3.63, 3.8) is 0 Å². The fourth-order valence-corrected chi connectivity index (χ4v) is 1.23. The van der Waals surface area contributed by atoms with Gasteiger partial charge in [-0.25, -0.2) is 0 Å². The normalized spacial score (nSPS) is 14.2. The molecule has 0 aliphatic carbocycles. The minimum Gasteiger partial charge on any atom is -0.481 e. The van der Waals surface area contributed by atoms with E-state index in [4.69, 9.17) is 10.4 Å². The molecule has 13 heavy (non-hydrogen) atoms. The van der Waals surface area contributed by atoms with Crippen LogP contribution < -0.4 is 0 Å². The first-order valence-electron chi connectivity index (χ1n) is 4.39. The highest BCUT2D eigenvalue weighted by atomic mass is 16.5. The molecule has 1 N–H and O–H groups in total. The SMILES string of the molecule is CCCC(CC(C)OC#N)C(=O)O. The molecule has 0 aromatic heterocycles. The Bertz CT molecular complexity index is 198. The fraction of sp³-hybridized carbons (Fsp3) is 0.778. The highest BCUT2D eigenvalue weighted by Gasteiger charge is 2.19. The van der Waals surface area contributed by atoms with Crippen LogP contribution in [0.25, 0.3) is 0 Å². The molecule has 0 radical (unpaired) electrons. The first-order valence-corrected chi connectivity index (χ1v) is 4.39. The third kappa shape index (κ3) is 5.07. The maximum atomic E-state index is 10.7. The van der Waals surface area contributed by atoms with Crippen LogP contribution in [-0.4, -0.2) is 17.2 Å². The second-order valence-electron chi connectivity index (χ2n) is 3.08. The number of carbonyl (C=O) groups is 1. The van der Waals surface area contributed by atoms with E-state index < -0.39 is 11.9 Å². The second-order valence-corrected chi connectivity index (χ2v) is 3.08. The maximum absolute atomic E-state index is 10.7. The standard InChI is InChI=1S/C9H15NO3/c1-3-4-8(9(11)12)5-7(2)13-6-10/h7-8H,3-5H2,1-2H3,(H,11,12). The lowest BCUT2D eigenvalue weighted by atomic mass is 9.97. The van der Waals surface area contributed by atoms with Gasteiger partial charge in [-0.05, 0) is 19.8 Å². The highest BCUT2D eigenvalue weighted by molar-refractivity contribution is 5.69. The summed E-state index contributed by atoms with van der Waals surface area (Å²) in [4.78, 5) is 10.7. The molecule has 0 aliphatic rings. The molecule has 2 atom stereocenters. The summed E-state index contributed by atoms with van der Waals surface area (Å²) in [5.74, 6) is -1.21. The molecule has 4 nitrogen and oxygen atoms in total. The number of hydrogen-bond donors (Lipinski definition) is 1. The predicted octanol–water partition coefficient (Wildman–Crippen LogP) is 1.76. The van der Waals surface area contributed by atoms with E-state index >= 15 is 0 Å². The van der Waals surface area contributed by atoms with E-state index in [0.717, 1.165) is 6.42 Å². The van der Waals surface area contributed by atoms with Crippen molar-refractivity contribution in [2.24, 2.45) is 5.92 Å². The zero-order chi connectivity index (χ0) is 10.3. The van der Waals surface area contributed by atoms with E-state index in [2.05, 4.69) is 4.74 Å². The Kier molecular flexibility index (Phi) is 5.69. The third-order valence-corrected chi connectivity index (χ3v) is 1.86. The summed E-state index contributed by atoms with van der Waals surface area (Å²) in [7, 11) is 0. The van der Waals surface area contributed by atoms with Crippen molar-refractivity contribution in [1.29, 1.82) is 5.26 Å². The van der Waals surface area contributed by atoms with Crippen LogP contribution in [0.5, 0.6) is 0 Å². The molecule has 0 rings (SSSR count). The van der Waals surface area contributed by atoms with Gasteiger partial charge in [0, 0.05) is 0 Å². The Morgan fingerprint density at radius 1 is 1.69 bits per heavy atom. The van der Waals surface area contributed by atoms with Crippen LogP contribution >= 0.6 is 0 Å². The predicted molar refractivity (Wildman–Crippen MR) is 46.8 cm³/mol. The Labute approximate surface area is 78.1 Å². The van der Waals surface area contributed by atoms with Crippen LogP contribution in [0.4, 0.5) is 0 Å². The molecule has 0 aliphatic heterocycles. The van der Waals surface area contributed by atoms with Crippen molar-refractivity contribution in [1.82, 2.24) is 0 Å². The van der Waals surface area contributed by atoms with Crippen molar-refractivity contribution in [3.05, 3.63) is 0 Å². The first-order chi connectivity index (χ1) is 6.11. The average Bonchev–Trinajstić information content (AvgIpc) is 2.04. The summed E-state index contributed by atoms with van der Waals surface area (Å²) >= 11 is 0. The molecule has 74 valence electrons. The Balaban J connectivity index is 3.95. The topological polar surface area (TPSA) is 70.3 Å². The molecule has 0 heterocycles. The lowest BCUT2D eigenvalue weighted by Crippen LogP contribution is -2.19. The first kappa shape index (κ1) is 11.8. The van der Waals surface area contributed by atoms with Crippen molar-refractivity contribution in [2.45, 2.75) is 39.2 Å². The minimum atomic E-state index is -0.810. The Morgan fingerprint density at radius 3 is 2.69 bits per heavy atom. The van der Waals surface area contributed by atoms with E-state index in [-0.39, 0.29) is 6.10 Å². The van der Waals surface area contributed by atoms with Crippen molar-refractivity contribution >= 4 is 5.97 Å². The van der Waals surface area contributed by atoms with Crippen LogP contribution in [0.15, 0.2) is 0 Å². The number of rotatable bonds is 6. The van der Waals surface area contributed by atoms with Crippen LogP contribution in [0, 0.1) is 17.4 Å². The van der Waals surface area contributed by atoms with Gasteiger partial charge in [-0.15, -0.1) is 0 Å². The summed E-state index contributed by atoms with van der Waals surface area (Å²) in [5, 5.41) is 17.0. The fourth-order valence-electron chi connectivity index (χ4n) is 1.23. The summed E-state index contributed by atoms with van der Waals surface area (Å²) in [6, 6.07) is 0. The number of nitriles is 1. The summed E-state index contributed by atoms with van der Waals surface area (Å²) < 4.78 is 4.61. The van der Waals surface area contributed by atoms with E-state index in [1.165, 1.54) is 0 Å². The number of aliphatic carboxylic acids is 1. The van der Waals surface area contributed by atoms with Crippen molar-refractivity contribution in [2.75, 3.05) is 0 Å². The van der Waals surface area contributed by atoms with E-state index in [1.54, 1.807) is 13.2 Å². The third-order valence-electron chi connectivity index (χ3n) is 1.86. The van der Waals surface area contributed by atoms with Gasteiger partial charge in [0.25, 0.3) is 6.26 Å². The molecule has 0 amide bonds. The van der Waals surface area contributed by atoms with Gasteiger partial charge in [0.1, 0.15) is 6.10 Å². The maximum Gasteiger partial charge on any atom is 0.306 e. The molecular formula is C9H15NO3. The van der Waals surface area contributed by atoms with Crippen LogP contribution in [-0.2, 0) is 9.53 Å². The number of carboxylic acids is 1. The summed E-state index contributed by atoms with van der Waals surface area (Å²) in [6.07, 6.45) is 3.12. The number of carboxylic acid groups (broad SMARTS) is 1. The average molecular weight is 185 g/mol. The molecule has 0 saturated heterocycles. The molecule has 0 aromatic rings. The van der Waals surface area contributed by atoms with E-state index in [1.807, 2.05) is 6.92 Å². The highest BCUT2D eigenvalue weighted by Crippen LogP contribution is 2.15. The van der Waals surface area contributed by atoms with Gasteiger partial charge in [0.15, 0.2) is 0 Å². The lowest BCUT2D eigenvalue weighted by molar-refractivity contribution is -0.143. The molecular weight excluding hydrogens is 170 g/mol. The lowest BCUT2D eigenvalue weighted by Gasteiger charge is -2.14. The largest absolute Gasteiger partial charge is 0.481 e. The zero-order valence-electron chi connectivity index (χ0n) is 7.99. The van der Waals surface area contributed by atoms with Crippen molar-refractivity contribution < 1.29 is 14.6 Å².